The normalized spacial score (nSPS) is 21.6. The molecule has 5 heteroatoms. The van der Waals surface area contributed by atoms with Crippen LogP contribution in [0.4, 0.5) is 0 Å². The van der Waals surface area contributed by atoms with Crippen molar-refractivity contribution in [3.63, 3.8) is 0 Å². The maximum absolute atomic E-state index is 12.6. The van der Waals surface area contributed by atoms with E-state index in [-0.39, 0.29) is 11.8 Å². The lowest BCUT2D eigenvalue weighted by atomic mass is 10.0. The molecule has 0 aliphatic carbocycles. The summed E-state index contributed by atoms with van der Waals surface area (Å²) in [6.45, 7) is 8.45. The molecule has 0 saturated carbocycles. The van der Waals surface area contributed by atoms with E-state index >= 15 is 0 Å². The van der Waals surface area contributed by atoms with Gasteiger partial charge in [0.1, 0.15) is 0 Å². The van der Waals surface area contributed by atoms with Gasteiger partial charge < -0.3 is 9.80 Å². The third kappa shape index (κ3) is 5.42. The summed E-state index contributed by atoms with van der Waals surface area (Å²) in [6, 6.07) is 8.49. The van der Waals surface area contributed by atoms with E-state index in [1.807, 2.05) is 40.1 Å². The van der Waals surface area contributed by atoms with Crippen LogP contribution in [0.3, 0.4) is 0 Å². The molecule has 2 saturated heterocycles. The molecule has 1 atom stereocenters. The highest BCUT2D eigenvalue weighted by molar-refractivity contribution is 5.91. The molecule has 146 valence electrons. The summed E-state index contributed by atoms with van der Waals surface area (Å²) in [4.78, 5) is 31.1. The van der Waals surface area contributed by atoms with Gasteiger partial charge in [-0.25, -0.2) is 0 Å². The molecule has 2 heterocycles. The van der Waals surface area contributed by atoms with Gasteiger partial charge in [-0.05, 0) is 44.7 Å². The fraction of sp³-hybridized carbons (Fsp3) is 0.545. The van der Waals surface area contributed by atoms with Crippen molar-refractivity contribution in [3.05, 3.63) is 41.5 Å². The quantitative estimate of drug-likeness (QED) is 0.766. The minimum atomic E-state index is 0.0474. The Morgan fingerprint density at radius 2 is 1.74 bits per heavy atom. The van der Waals surface area contributed by atoms with Crippen molar-refractivity contribution in [2.45, 2.75) is 39.2 Å². The number of rotatable bonds is 4. The molecule has 2 amide bonds. The summed E-state index contributed by atoms with van der Waals surface area (Å²) in [5, 5.41) is 0. The van der Waals surface area contributed by atoms with Crippen LogP contribution in [0.5, 0.6) is 0 Å². The first kappa shape index (κ1) is 19.6. The molecule has 2 fully saturated rings. The second kappa shape index (κ2) is 9.18. The first-order valence-electron chi connectivity index (χ1n) is 10.1. The fourth-order valence-corrected chi connectivity index (χ4v) is 3.83. The van der Waals surface area contributed by atoms with Crippen molar-refractivity contribution in [2.24, 2.45) is 0 Å². The Morgan fingerprint density at radius 1 is 1.04 bits per heavy atom. The van der Waals surface area contributed by atoms with Gasteiger partial charge in [-0.2, -0.15) is 0 Å². The van der Waals surface area contributed by atoms with E-state index in [1.54, 1.807) is 6.08 Å². The molecule has 27 heavy (non-hydrogen) atoms. The maximum atomic E-state index is 12.6. The van der Waals surface area contributed by atoms with Crippen molar-refractivity contribution in [1.29, 1.82) is 0 Å². The first-order chi connectivity index (χ1) is 13.0. The van der Waals surface area contributed by atoms with Crippen LogP contribution in [-0.2, 0) is 9.59 Å². The Hall–Kier alpha value is -2.14. The predicted octanol–water partition coefficient (Wildman–Crippen LogP) is 2.55. The van der Waals surface area contributed by atoms with E-state index in [9.17, 15) is 9.59 Å². The lowest BCUT2D eigenvalue weighted by Crippen LogP contribution is -2.52. The topological polar surface area (TPSA) is 43.9 Å². The summed E-state index contributed by atoms with van der Waals surface area (Å²) < 4.78 is 0. The van der Waals surface area contributed by atoms with Gasteiger partial charge in [-0.3, -0.25) is 14.5 Å². The number of nitrogens with zero attached hydrogens (tertiary/aromatic N) is 3. The Morgan fingerprint density at radius 3 is 2.41 bits per heavy atom. The maximum Gasteiger partial charge on any atom is 0.246 e. The van der Waals surface area contributed by atoms with Gasteiger partial charge in [-0.1, -0.05) is 29.8 Å². The Labute approximate surface area is 162 Å². The highest BCUT2D eigenvalue weighted by Gasteiger charge is 2.26. The predicted molar refractivity (Wildman–Crippen MR) is 108 cm³/mol. The van der Waals surface area contributed by atoms with Gasteiger partial charge in [-0.15, -0.1) is 0 Å². The summed E-state index contributed by atoms with van der Waals surface area (Å²) in [7, 11) is 0. The van der Waals surface area contributed by atoms with Crippen LogP contribution in [-0.4, -0.2) is 71.8 Å². The number of carbonyl (C=O) groups excluding carboxylic acids is 2. The number of hydrogen-bond donors (Lipinski definition) is 0. The first-order valence-corrected chi connectivity index (χ1v) is 10.1. The van der Waals surface area contributed by atoms with Crippen LogP contribution >= 0.6 is 0 Å². The third-order valence-corrected chi connectivity index (χ3v) is 5.66. The number of aryl methyl sites for hydroxylation is 1. The van der Waals surface area contributed by atoms with Gasteiger partial charge in [0.2, 0.25) is 11.8 Å². The second-order valence-electron chi connectivity index (χ2n) is 7.78. The molecular weight excluding hydrogens is 338 g/mol. The molecule has 1 aromatic carbocycles. The molecule has 0 bridgehead atoms. The highest BCUT2D eigenvalue weighted by atomic mass is 16.2. The van der Waals surface area contributed by atoms with Crippen LogP contribution < -0.4 is 0 Å². The third-order valence-electron chi connectivity index (χ3n) is 5.66. The van der Waals surface area contributed by atoms with E-state index in [1.165, 1.54) is 12.0 Å². The van der Waals surface area contributed by atoms with Gasteiger partial charge >= 0.3 is 0 Å². The zero-order valence-electron chi connectivity index (χ0n) is 16.6. The number of amides is 2. The van der Waals surface area contributed by atoms with Crippen LogP contribution in [0.25, 0.3) is 6.08 Å². The highest BCUT2D eigenvalue weighted by Crippen LogP contribution is 2.17. The Bertz CT molecular complexity index is 675. The molecule has 2 aliphatic heterocycles. The molecule has 2 aliphatic rings. The molecule has 1 aromatic rings. The van der Waals surface area contributed by atoms with Crippen molar-refractivity contribution in [2.75, 3.05) is 39.3 Å². The summed E-state index contributed by atoms with van der Waals surface area (Å²) >= 11 is 0. The molecule has 3 rings (SSSR count). The molecule has 0 N–H and O–H groups in total. The van der Waals surface area contributed by atoms with Gasteiger partial charge in [0.05, 0.1) is 6.54 Å². The van der Waals surface area contributed by atoms with E-state index in [2.05, 4.69) is 18.7 Å². The van der Waals surface area contributed by atoms with E-state index in [0.29, 0.717) is 25.7 Å². The van der Waals surface area contributed by atoms with E-state index < -0.39 is 0 Å². The molecular formula is C22H31N3O2. The average molecular weight is 370 g/mol. The van der Waals surface area contributed by atoms with E-state index in [0.717, 1.165) is 38.0 Å². The zero-order valence-corrected chi connectivity index (χ0v) is 16.6. The lowest BCUT2D eigenvalue weighted by Gasteiger charge is -2.37. The second-order valence-corrected chi connectivity index (χ2v) is 7.78. The monoisotopic (exact) mass is 369 g/mol. The number of likely N-dealkylation sites (tertiary alicyclic amines) is 1. The largest absolute Gasteiger partial charge is 0.339 e. The standard InChI is InChI=1S/C22H31N3O2/c1-18-6-8-20(9-7-18)10-11-21(26)24-15-13-23(14-16-24)17-22(27)25-12-4-3-5-19(25)2/h6-11,19H,3-5,12-17H2,1-2H3/b11-10-/t19-/m0/s1. The molecule has 0 aromatic heterocycles. The van der Waals surface area contributed by atoms with Crippen molar-refractivity contribution in [3.8, 4) is 0 Å². The molecule has 0 radical (unpaired) electrons. The van der Waals surface area contributed by atoms with Gasteiger partial charge in [0.15, 0.2) is 0 Å². The number of piperazine rings is 1. The molecule has 5 nitrogen and oxygen atoms in total. The Balaban J connectivity index is 1.44. The zero-order chi connectivity index (χ0) is 19.2. The van der Waals surface area contributed by atoms with Crippen molar-refractivity contribution in [1.82, 2.24) is 14.7 Å². The number of hydrogen-bond acceptors (Lipinski definition) is 3. The molecule has 0 unspecified atom stereocenters. The van der Waals surface area contributed by atoms with Crippen LogP contribution in [0, 0.1) is 6.92 Å². The van der Waals surface area contributed by atoms with Crippen LogP contribution in [0.2, 0.25) is 0 Å². The number of benzene rings is 1. The molecule has 0 spiro atoms. The average Bonchev–Trinajstić information content (AvgIpc) is 2.68. The lowest BCUT2D eigenvalue weighted by molar-refractivity contribution is -0.136. The van der Waals surface area contributed by atoms with Crippen LogP contribution in [0.15, 0.2) is 30.3 Å². The number of piperidine rings is 1. The minimum absolute atomic E-state index is 0.0474. The number of carbonyl (C=O) groups is 2. The van der Waals surface area contributed by atoms with E-state index in [4.69, 9.17) is 0 Å². The summed E-state index contributed by atoms with van der Waals surface area (Å²) in [5.74, 6) is 0.285. The fourth-order valence-electron chi connectivity index (χ4n) is 3.83. The van der Waals surface area contributed by atoms with Crippen molar-refractivity contribution >= 4 is 17.9 Å². The smallest absolute Gasteiger partial charge is 0.246 e. The van der Waals surface area contributed by atoms with Gasteiger partial charge in [0, 0.05) is 44.8 Å². The minimum Gasteiger partial charge on any atom is -0.339 e. The summed E-state index contributed by atoms with van der Waals surface area (Å²) in [5.41, 5.74) is 2.25. The van der Waals surface area contributed by atoms with Crippen LogP contribution in [0.1, 0.15) is 37.3 Å². The summed E-state index contributed by atoms with van der Waals surface area (Å²) in [6.07, 6.45) is 6.98. The Kier molecular flexibility index (Phi) is 6.67. The van der Waals surface area contributed by atoms with Gasteiger partial charge in [0.25, 0.3) is 0 Å². The SMILES string of the molecule is Cc1ccc(/C=C\C(=O)N2CCN(CC(=O)N3CCCC[C@@H]3C)CC2)cc1. The van der Waals surface area contributed by atoms with Crippen molar-refractivity contribution < 1.29 is 9.59 Å².